The Morgan fingerprint density at radius 3 is 2.55 bits per heavy atom. The van der Waals surface area contributed by atoms with Gasteiger partial charge in [-0.15, -0.1) is 11.8 Å². The lowest BCUT2D eigenvalue weighted by Gasteiger charge is -2.31. The molecule has 0 saturated carbocycles. The largest absolute Gasteiger partial charge is 0.468 e. The summed E-state index contributed by atoms with van der Waals surface area (Å²) in [6, 6.07) is 17.1. The highest BCUT2D eigenvalue weighted by molar-refractivity contribution is 8.02. The molecular formula is C22H19ClN2O3S. The molecule has 1 amide bonds. The van der Waals surface area contributed by atoms with Gasteiger partial charge in [0.2, 0.25) is 5.91 Å². The average Bonchev–Trinajstić information content (AvgIpc) is 2.72. The van der Waals surface area contributed by atoms with Crippen LogP contribution in [0.1, 0.15) is 22.6 Å². The van der Waals surface area contributed by atoms with E-state index in [1.165, 1.54) is 18.9 Å². The van der Waals surface area contributed by atoms with Crippen molar-refractivity contribution in [2.75, 3.05) is 7.11 Å². The molecule has 1 aliphatic rings. The summed E-state index contributed by atoms with van der Waals surface area (Å²) in [4.78, 5) is 25.2. The number of methoxy groups -OCH3 is 1. The monoisotopic (exact) mass is 426 g/mol. The molecule has 0 fully saturated rings. The van der Waals surface area contributed by atoms with E-state index < -0.39 is 23.7 Å². The Hall–Kier alpha value is -2.75. The molecule has 2 atom stereocenters. The molecule has 5 nitrogen and oxygen atoms in total. The second-order valence-electron chi connectivity index (χ2n) is 6.61. The van der Waals surface area contributed by atoms with E-state index in [1.54, 1.807) is 6.07 Å². The van der Waals surface area contributed by atoms with Crippen LogP contribution in [0.25, 0.3) is 0 Å². The van der Waals surface area contributed by atoms with Gasteiger partial charge in [0.25, 0.3) is 0 Å². The summed E-state index contributed by atoms with van der Waals surface area (Å²) in [5.41, 5.74) is 2.98. The average molecular weight is 427 g/mol. The number of hydrogen-bond acceptors (Lipinski definition) is 5. The smallest absolute Gasteiger partial charge is 0.319 e. The van der Waals surface area contributed by atoms with Crippen molar-refractivity contribution < 1.29 is 14.3 Å². The maximum absolute atomic E-state index is 12.8. The van der Waals surface area contributed by atoms with Crippen molar-refractivity contribution in [3.8, 4) is 6.07 Å². The molecule has 7 heteroatoms. The number of allylic oxidation sites excluding steroid dienone is 1. The Kier molecular flexibility index (Phi) is 6.63. The topological polar surface area (TPSA) is 79.2 Å². The summed E-state index contributed by atoms with van der Waals surface area (Å²) < 4.78 is 4.85. The molecule has 2 aromatic carbocycles. The highest BCUT2D eigenvalue weighted by Crippen LogP contribution is 2.41. The van der Waals surface area contributed by atoms with Crippen molar-refractivity contribution in [1.82, 2.24) is 5.32 Å². The van der Waals surface area contributed by atoms with Crippen molar-refractivity contribution in [3.05, 3.63) is 80.8 Å². The molecule has 0 bridgehead atoms. The highest BCUT2D eigenvalue weighted by atomic mass is 35.5. The first-order chi connectivity index (χ1) is 14.0. The van der Waals surface area contributed by atoms with E-state index in [9.17, 15) is 14.9 Å². The van der Waals surface area contributed by atoms with Crippen LogP contribution in [-0.2, 0) is 20.1 Å². The van der Waals surface area contributed by atoms with E-state index in [1.807, 2.05) is 49.4 Å². The third-order valence-corrected chi connectivity index (χ3v) is 6.18. The summed E-state index contributed by atoms with van der Waals surface area (Å²) in [5.74, 6) is -2.51. The van der Waals surface area contributed by atoms with Gasteiger partial charge in [-0.25, -0.2) is 0 Å². The van der Waals surface area contributed by atoms with Gasteiger partial charge in [0.15, 0.2) is 0 Å². The minimum atomic E-state index is -1.12. The predicted octanol–water partition coefficient (Wildman–Crippen LogP) is 4.32. The fourth-order valence-corrected chi connectivity index (χ4v) is 4.55. The van der Waals surface area contributed by atoms with E-state index in [-0.39, 0.29) is 0 Å². The number of nitrogens with one attached hydrogen (secondary N) is 1. The van der Waals surface area contributed by atoms with E-state index in [2.05, 4.69) is 11.4 Å². The van der Waals surface area contributed by atoms with Crippen LogP contribution in [0.15, 0.2) is 59.1 Å². The standard InChI is InChI=1S/C22H19ClN2O3S/c1-13-7-9-14(10-8-13)18-16(11-24)21(25-20(26)19(18)22(27)28-2)29-12-15-5-3-4-6-17(15)23/h3-10,18-19H,12H2,1-2H3,(H,25,26)/t18-,19+/m0/s1. The molecule has 0 aliphatic carbocycles. The van der Waals surface area contributed by atoms with Gasteiger partial charge < -0.3 is 10.1 Å². The summed E-state index contributed by atoms with van der Waals surface area (Å²) in [6.07, 6.45) is 0. The minimum absolute atomic E-state index is 0.334. The number of nitrogens with zero attached hydrogens (tertiary/aromatic N) is 1. The number of hydrogen-bond donors (Lipinski definition) is 1. The van der Waals surface area contributed by atoms with Crippen LogP contribution in [-0.4, -0.2) is 19.0 Å². The van der Waals surface area contributed by atoms with Crippen molar-refractivity contribution in [2.45, 2.75) is 18.6 Å². The van der Waals surface area contributed by atoms with E-state index in [0.717, 1.165) is 11.1 Å². The van der Waals surface area contributed by atoms with Crippen LogP contribution in [0, 0.1) is 24.2 Å². The normalized spacial score (nSPS) is 18.8. The number of ether oxygens (including phenoxy) is 1. The van der Waals surface area contributed by atoms with Crippen molar-refractivity contribution in [3.63, 3.8) is 0 Å². The number of aryl methyl sites for hydroxylation is 1. The van der Waals surface area contributed by atoms with Gasteiger partial charge in [0, 0.05) is 16.7 Å². The van der Waals surface area contributed by atoms with Gasteiger partial charge in [0.05, 0.1) is 23.8 Å². The lowest BCUT2D eigenvalue weighted by atomic mass is 9.78. The number of amides is 1. The Morgan fingerprint density at radius 1 is 1.24 bits per heavy atom. The molecule has 0 radical (unpaired) electrons. The Bertz CT molecular complexity index is 1010. The maximum Gasteiger partial charge on any atom is 0.319 e. The van der Waals surface area contributed by atoms with Gasteiger partial charge in [0.1, 0.15) is 5.92 Å². The summed E-state index contributed by atoms with van der Waals surface area (Å²) in [7, 11) is 1.24. The van der Waals surface area contributed by atoms with Crippen LogP contribution in [0.4, 0.5) is 0 Å². The van der Waals surface area contributed by atoms with Crippen LogP contribution >= 0.6 is 23.4 Å². The number of thioether (sulfide) groups is 1. The highest BCUT2D eigenvalue weighted by Gasteiger charge is 2.44. The SMILES string of the molecule is COC(=O)[C@H]1C(=O)NC(SCc2ccccc2Cl)=C(C#N)[C@@H]1c1ccc(C)cc1. The minimum Gasteiger partial charge on any atom is -0.468 e. The van der Waals surface area contributed by atoms with Crippen LogP contribution in [0.3, 0.4) is 0 Å². The fourth-order valence-electron chi connectivity index (χ4n) is 3.22. The van der Waals surface area contributed by atoms with Gasteiger partial charge in [-0.05, 0) is 24.1 Å². The predicted molar refractivity (Wildman–Crippen MR) is 113 cm³/mol. The van der Waals surface area contributed by atoms with Crippen LogP contribution in [0.5, 0.6) is 0 Å². The third kappa shape index (κ3) is 4.47. The molecule has 0 aromatic heterocycles. The van der Waals surface area contributed by atoms with Crippen molar-refractivity contribution >= 4 is 35.2 Å². The second kappa shape index (κ2) is 9.17. The number of carbonyl (C=O) groups excluding carboxylic acids is 2. The number of carbonyl (C=O) groups is 2. The number of halogens is 1. The molecule has 1 aliphatic heterocycles. The first-order valence-electron chi connectivity index (χ1n) is 8.92. The van der Waals surface area contributed by atoms with Crippen molar-refractivity contribution in [1.29, 1.82) is 5.26 Å². The number of benzene rings is 2. The second-order valence-corrected chi connectivity index (χ2v) is 8.01. The summed E-state index contributed by atoms with van der Waals surface area (Å²) >= 11 is 7.53. The molecule has 0 spiro atoms. The summed E-state index contributed by atoms with van der Waals surface area (Å²) in [6.45, 7) is 1.95. The Morgan fingerprint density at radius 2 is 1.93 bits per heavy atom. The fraction of sp³-hybridized carbons (Fsp3) is 0.227. The van der Waals surface area contributed by atoms with Crippen LogP contribution in [0.2, 0.25) is 5.02 Å². The van der Waals surface area contributed by atoms with E-state index in [0.29, 0.717) is 26.9 Å². The lowest BCUT2D eigenvalue weighted by Crippen LogP contribution is -2.44. The number of nitriles is 1. The first kappa shape index (κ1) is 21.0. The van der Waals surface area contributed by atoms with Crippen molar-refractivity contribution in [2.24, 2.45) is 5.92 Å². The zero-order chi connectivity index (χ0) is 21.0. The number of rotatable bonds is 5. The third-order valence-electron chi connectivity index (χ3n) is 4.75. The van der Waals surface area contributed by atoms with Gasteiger partial charge in [-0.2, -0.15) is 5.26 Å². The van der Waals surface area contributed by atoms with E-state index >= 15 is 0 Å². The Labute approximate surface area is 178 Å². The van der Waals surface area contributed by atoms with E-state index in [4.69, 9.17) is 16.3 Å². The molecular weight excluding hydrogens is 408 g/mol. The molecule has 0 saturated heterocycles. The van der Waals surface area contributed by atoms with Gasteiger partial charge >= 0.3 is 5.97 Å². The molecule has 1 N–H and O–H groups in total. The summed E-state index contributed by atoms with van der Waals surface area (Å²) in [5, 5.41) is 13.7. The number of esters is 1. The molecule has 148 valence electrons. The zero-order valence-corrected chi connectivity index (χ0v) is 17.5. The molecule has 2 aromatic rings. The molecule has 3 rings (SSSR count). The van der Waals surface area contributed by atoms with Gasteiger partial charge in [-0.3, -0.25) is 9.59 Å². The quantitative estimate of drug-likeness (QED) is 0.569. The molecule has 1 heterocycles. The van der Waals surface area contributed by atoms with Gasteiger partial charge in [-0.1, -0.05) is 59.6 Å². The molecule has 0 unspecified atom stereocenters. The van der Waals surface area contributed by atoms with Crippen LogP contribution < -0.4 is 5.32 Å². The maximum atomic E-state index is 12.8. The first-order valence-corrected chi connectivity index (χ1v) is 10.3. The zero-order valence-electron chi connectivity index (χ0n) is 15.9. The Balaban J connectivity index is 2.03. The molecule has 29 heavy (non-hydrogen) atoms. The lowest BCUT2D eigenvalue weighted by molar-refractivity contribution is -0.150.